The van der Waals surface area contributed by atoms with E-state index in [1.54, 1.807) is 6.92 Å². The van der Waals surface area contributed by atoms with Gasteiger partial charge < -0.3 is 15.5 Å². The van der Waals surface area contributed by atoms with Crippen LogP contribution in [0.1, 0.15) is 46.5 Å². The molecule has 0 saturated heterocycles. The summed E-state index contributed by atoms with van der Waals surface area (Å²) in [7, 11) is 0. The van der Waals surface area contributed by atoms with Crippen molar-refractivity contribution in [1.29, 1.82) is 0 Å². The molecule has 3 N–H and O–H groups in total. The van der Waals surface area contributed by atoms with Gasteiger partial charge in [-0.15, -0.1) is 0 Å². The summed E-state index contributed by atoms with van der Waals surface area (Å²) >= 11 is 0. The van der Waals surface area contributed by atoms with Gasteiger partial charge in [0.15, 0.2) is 0 Å². The third-order valence-electron chi connectivity index (χ3n) is 3.66. The van der Waals surface area contributed by atoms with Gasteiger partial charge in [0.25, 0.3) is 0 Å². The van der Waals surface area contributed by atoms with Crippen LogP contribution < -0.4 is 5.32 Å². The Hall–Kier alpha value is -1.10. The molecule has 3 atom stereocenters. The van der Waals surface area contributed by atoms with Crippen LogP contribution in [0.25, 0.3) is 0 Å². The van der Waals surface area contributed by atoms with Gasteiger partial charge in [-0.2, -0.15) is 0 Å². The number of rotatable bonds is 6. The van der Waals surface area contributed by atoms with E-state index in [-0.39, 0.29) is 12.5 Å². The van der Waals surface area contributed by atoms with Gasteiger partial charge in [0.1, 0.15) is 0 Å². The summed E-state index contributed by atoms with van der Waals surface area (Å²) in [6.07, 6.45) is 2.56. The number of carbonyl (C=O) groups is 2. The van der Waals surface area contributed by atoms with E-state index in [2.05, 4.69) is 5.32 Å². The smallest absolute Gasteiger partial charge is 0.307 e. The molecule has 1 rings (SSSR count). The molecule has 19 heavy (non-hydrogen) atoms. The summed E-state index contributed by atoms with van der Waals surface area (Å²) < 4.78 is 0. The summed E-state index contributed by atoms with van der Waals surface area (Å²) in [5, 5.41) is 21.9. The third-order valence-corrected chi connectivity index (χ3v) is 3.66. The lowest BCUT2D eigenvalue weighted by atomic mass is 9.92. The van der Waals surface area contributed by atoms with Gasteiger partial charge in [-0.3, -0.25) is 9.59 Å². The van der Waals surface area contributed by atoms with Gasteiger partial charge in [0.2, 0.25) is 5.91 Å². The summed E-state index contributed by atoms with van der Waals surface area (Å²) in [6.45, 7) is 5.88. The molecule has 1 fully saturated rings. The van der Waals surface area contributed by atoms with Crippen molar-refractivity contribution in [3.8, 4) is 0 Å². The molecular weight excluding hydrogens is 246 g/mol. The molecule has 5 nitrogen and oxygen atoms in total. The monoisotopic (exact) mass is 271 g/mol. The number of hydrogen-bond acceptors (Lipinski definition) is 3. The van der Waals surface area contributed by atoms with Crippen LogP contribution in [-0.2, 0) is 9.59 Å². The Balaban J connectivity index is 2.49. The molecule has 1 amide bonds. The van der Waals surface area contributed by atoms with Gasteiger partial charge in [-0.25, -0.2) is 0 Å². The largest absolute Gasteiger partial charge is 0.481 e. The highest BCUT2D eigenvalue weighted by Crippen LogP contribution is 2.32. The average molecular weight is 271 g/mol. The topological polar surface area (TPSA) is 86.6 Å². The maximum atomic E-state index is 12.0. The predicted octanol–water partition coefficient (Wildman–Crippen LogP) is 1.40. The standard InChI is InChI=1S/C14H25NO4/c1-9(2)7-14(3,19)8-15-12(16)10-5-4-6-11(10)13(17)18/h9-11,19H,4-8H2,1-3H3,(H,15,16)(H,17,18)/t10-,11+,14?/m1/s1. The predicted molar refractivity (Wildman–Crippen MR) is 71.6 cm³/mol. The molecule has 0 spiro atoms. The molecular formula is C14H25NO4. The molecule has 0 aromatic carbocycles. The minimum Gasteiger partial charge on any atom is -0.481 e. The second-order valence-corrected chi connectivity index (χ2v) is 6.29. The first-order valence-corrected chi connectivity index (χ1v) is 6.96. The average Bonchev–Trinajstić information content (AvgIpc) is 2.73. The highest BCUT2D eigenvalue weighted by Gasteiger charge is 2.38. The first-order chi connectivity index (χ1) is 8.73. The van der Waals surface area contributed by atoms with Crippen LogP contribution in [0, 0.1) is 17.8 Å². The summed E-state index contributed by atoms with van der Waals surface area (Å²) in [5.74, 6) is -1.83. The van der Waals surface area contributed by atoms with Crippen molar-refractivity contribution in [2.45, 2.75) is 52.1 Å². The van der Waals surface area contributed by atoms with Crippen LogP contribution in [0.15, 0.2) is 0 Å². The molecule has 0 aromatic heterocycles. The second kappa shape index (κ2) is 6.37. The van der Waals surface area contributed by atoms with Crippen LogP contribution in [-0.4, -0.2) is 34.2 Å². The molecule has 0 radical (unpaired) electrons. The Kier molecular flexibility index (Phi) is 5.35. The first kappa shape index (κ1) is 16.0. The SMILES string of the molecule is CC(C)CC(C)(O)CNC(=O)[C@@H]1CCC[C@@H]1C(=O)O. The molecule has 0 aromatic rings. The van der Waals surface area contributed by atoms with Crippen molar-refractivity contribution in [3.05, 3.63) is 0 Å². The van der Waals surface area contributed by atoms with Gasteiger partial charge >= 0.3 is 5.97 Å². The summed E-state index contributed by atoms with van der Waals surface area (Å²) in [6, 6.07) is 0. The number of carbonyl (C=O) groups excluding carboxylic acids is 1. The Bertz CT molecular complexity index is 338. The van der Waals surface area contributed by atoms with E-state index in [4.69, 9.17) is 5.11 Å². The van der Waals surface area contributed by atoms with Crippen LogP contribution in [0.2, 0.25) is 0 Å². The lowest BCUT2D eigenvalue weighted by Gasteiger charge is -2.26. The molecule has 1 aliphatic rings. The Morgan fingerprint density at radius 2 is 1.89 bits per heavy atom. The molecule has 0 heterocycles. The second-order valence-electron chi connectivity index (χ2n) is 6.29. The molecule has 0 bridgehead atoms. The van der Waals surface area contributed by atoms with Crippen LogP contribution >= 0.6 is 0 Å². The van der Waals surface area contributed by atoms with E-state index in [1.165, 1.54) is 0 Å². The molecule has 110 valence electrons. The number of aliphatic carboxylic acids is 1. The summed E-state index contributed by atoms with van der Waals surface area (Å²) in [5.41, 5.74) is -0.943. The van der Waals surface area contributed by atoms with Gasteiger partial charge in [0.05, 0.1) is 17.4 Å². The number of hydrogen-bond donors (Lipinski definition) is 3. The normalized spacial score (nSPS) is 26.2. The van der Waals surface area contributed by atoms with Crippen molar-refractivity contribution in [3.63, 3.8) is 0 Å². The van der Waals surface area contributed by atoms with Crippen LogP contribution in [0.5, 0.6) is 0 Å². The fourth-order valence-electron chi connectivity index (χ4n) is 2.93. The molecule has 1 saturated carbocycles. The van der Waals surface area contributed by atoms with E-state index in [1.807, 2.05) is 13.8 Å². The fraction of sp³-hybridized carbons (Fsp3) is 0.857. The number of carboxylic acid groups (broad SMARTS) is 1. The minimum absolute atomic E-state index is 0.173. The van der Waals surface area contributed by atoms with Crippen molar-refractivity contribution < 1.29 is 19.8 Å². The number of carboxylic acids is 1. The fourth-order valence-corrected chi connectivity index (χ4v) is 2.93. The van der Waals surface area contributed by atoms with E-state index in [0.717, 1.165) is 6.42 Å². The van der Waals surface area contributed by atoms with Gasteiger partial charge in [-0.1, -0.05) is 20.3 Å². The molecule has 5 heteroatoms. The Labute approximate surface area is 114 Å². The molecule has 0 aliphatic heterocycles. The highest BCUT2D eigenvalue weighted by molar-refractivity contribution is 5.85. The van der Waals surface area contributed by atoms with E-state index in [0.29, 0.717) is 25.2 Å². The zero-order chi connectivity index (χ0) is 14.6. The van der Waals surface area contributed by atoms with Crippen molar-refractivity contribution >= 4 is 11.9 Å². The lowest BCUT2D eigenvalue weighted by Crippen LogP contribution is -2.44. The van der Waals surface area contributed by atoms with Crippen molar-refractivity contribution in [2.24, 2.45) is 17.8 Å². The lowest BCUT2D eigenvalue weighted by molar-refractivity contribution is -0.146. The molecule has 1 aliphatic carbocycles. The highest BCUT2D eigenvalue weighted by atomic mass is 16.4. The van der Waals surface area contributed by atoms with E-state index < -0.39 is 23.4 Å². The van der Waals surface area contributed by atoms with Crippen LogP contribution in [0.4, 0.5) is 0 Å². The zero-order valence-electron chi connectivity index (χ0n) is 12.0. The number of nitrogens with one attached hydrogen (secondary N) is 1. The zero-order valence-corrected chi connectivity index (χ0v) is 12.0. The van der Waals surface area contributed by atoms with E-state index >= 15 is 0 Å². The van der Waals surface area contributed by atoms with Crippen molar-refractivity contribution in [1.82, 2.24) is 5.32 Å². The van der Waals surface area contributed by atoms with Crippen LogP contribution in [0.3, 0.4) is 0 Å². The Morgan fingerprint density at radius 1 is 1.32 bits per heavy atom. The first-order valence-electron chi connectivity index (χ1n) is 6.96. The maximum Gasteiger partial charge on any atom is 0.307 e. The number of aliphatic hydroxyl groups is 1. The van der Waals surface area contributed by atoms with Crippen molar-refractivity contribution in [2.75, 3.05) is 6.54 Å². The van der Waals surface area contributed by atoms with Gasteiger partial charge in [-0.05, 0) is 32.1 Å². The van der Waals surface area contributed by atoms with E-state index in [9.17, 15) is 14.7 Å². The summed E-state index contributed by atoms with van der Waals surface area (Å²) in [4.78, 5) is 23.0. The maximum absolute atomic E-state index is 12.0. The van der Waals surface area contributed by atoms with Gasteiger partial charge in [0, 0.05) is 6.54 Å². The number of amides is 1. The molecule has 1 unspecified atom stereocenters. The third kappa shape index (κ3) is 4.82. The quantitative estimate of drug-likeness (QED) is 0.681. The Morgan fingerprint density at radius 3 is 2.42 bits per heavy atom. The minimum atomic E-state index is -0.943.